The normalized spacial score (nSPS) is 11.0. The molecule has 0 bridgehead atoms. The van der Waals surface area contributed by atoms with Crippen LogP contribution >= 0.6 is 0 Å². The Morgan fingerprint density at radius 2 is 2.05 bits per heavy atom. The van der Waals surface area contributed by atoms with Crippen molar-refractivity contribution in [3.8, 4) is 5.75 Å². The molecule has 0 aliphatic heterocycles. The maximum atomic E-state index is 12.7. The van der Waals surface area contributed by atoms with E-state index in [4.69, 9.17) is 10.5 Å². The number of benzene rings is 1. The number of hydrogen-bond donors (Lipinski definition) is 1. The number of carbonyl (C=O) groups is 1. The summed E-state index contributed by atoms with van der Waals surface area (Å²) in [5.74, 6) is 0.536. The largest absolute Gasteiger partial charge is 0.494 e. The van der Waals surface area contributed by atoms with E-state index in [1.165, 1.54) is 0 Å². The van der Waals surface area contributed by atoms with Gasteiger partial charge in [-0.2, -0.15) is 0 Å². The number of ether oxygens (including phenoxy) is 1. The summed E-state index contributed by atoms with van der Waals surface area (Å²) in [5, 5.41) is 0. The Kier molecular flexibility index (Phi) is 5.19. The van der Waals surface area contributed by atoms with Gasteiger partial charge in [-0.1, -0.05) is 6.08 Å². The zero-order valence-corrected chi connectivity index (χ0v) is 12.8. The van der Waals surface area contributed by atoms with Crippen LogP contribution in [0.4, 0.5) is 5.69 Å². The van der Waals surface area contributed by atoms with Crippen molar-refractivity contribution in [3.63, 3.8) is 0 Å². The summed E-state index contributed by atoms with van der Waals surface area (Å²) in [6.07, 6.45) is 1.72. The number of nitrogens with two attached hydrogens (primary N) is 1. The fourth-order valence-electron chi connectivity index (χ4n) is 1.94. The van der Waals surface area contributed by atoms with Crippen LogP contribution in [0.15, 0.2) is 30.9 Å². The summed E-state index contributed by atoms with van der Waals surface area (Å²) in [4.78, 5) is 14.4. The molecule has 110 valence electrons. The van der Waals surface area contributed by atoms with E-state index < -0.39 is 0 Å². The predicted molar refractivity (Wildman–Crippen MR) is 83.0 cm³/mol. The van der Waals surface area contributed by atoms with Crippen LogP contribution in [-0.2, 0) is 0 Å². The molecule has 0 saturated heterocycles. The van der Waals surface area contributed by atoms with Crippen LogP contribution in [0.2, 0.25) is 0 Å². The Balaban J connectivity index is 3.14. The molecule has 1 aromatic rings. The zero-order chi connectivity index (χ0) is 15.3. The second-order valence-electron chi connectivity index (χ2n) is 5.60. The molecule has 0 spiro atoms. The molecule has 0 aliphatic carbocycles. The van der Waals surface area contributed by atoms with Gasteiger partial charge in [0.05, 0.1) is 6.61 Å². The molecule has 0 heterocycles. The van der Waals surface area contributed by atoms with Crippen molar-refractivity contribution in [3.05, 3.63) is 36.4 Å². The highest BCUT2D eigenvalue weighted by molar-refractivity contribution is 5.96. The molecule has 20 heavy (non-hydrogen) atoms. The van der Waals surface area contributed by atoms with Gasteiger partial charge in [0.25, 0.3) is 5.91 Å². The van der Waals surface area contributed by atoms with Crippen molar-refractivity contribution in [1.29, 1.82) is 0 Å². The van der Waals surface area contributed by atoms with Gasteiger partial charge < -0.3 is 15.4 Å². The molecular weight excluding hydrogens is 252 g/mol. The van der Waals surface area contributed by atoms with E-state index in [0.29, 0.717) is 30.2 Å². The lowest BCUT2D eigenvalue weighted by Gasteiger charge is -2.35. The van der Waals surface area contributed by atoms with Gasteiger partial charge in [-0.15, -0.1) is 6.58 Å². The topological polar surface area (TPSA) is 55.6 Å². The van der Waals surface area contributed by atoms with E-state index in [1.54, 1.807) is 29.2 Å². The molecular formula is C16H24N2O2. The smallest absolute Gasteiger partial charge is 0.254 e. The van der Waals surface area contributed by atoms with Crippen LogP contribution in [0.5, 0.6) is 5.75 Å². The standard InChI is InChI=1S/C16H24N2O2/c1-6-8-18(16(3,4)5)15(19)12-9-13(17)11-14(10-12)20-7-2/h6,9-11H,1,7-8,17H2,2-5H3. The van der Waals surface area contributed by atoms with E-state index in [1.807, 2.05) is 27.7 Å². The monoisotopic (exact) mass is 276 g/mol. The van der Waals surface area contributed by atoms with Gasteiger partial charge in [-0.25, -0.2) is 0 Å². The van der Waals surface area contributed by atoms with Crippen LogP contribution in [0.25, 0.3) is 0 Å². The highest BCUT2D eigenvalue weighted by atomic mass is 16.5. The van der Waals surface area contributed by atoms with Gasteiger partial charge in [0.2, 0.25) is 0 Å². The lowest BCUT2D eigenvalue weighted by Crippen LogP contribution is -2.45. The fraction of sp³-hybridized carbons (Fsp3) is 0.438. The Morgan fingerprint density at radius 3 is 2.55 bits per heavy atom. The molecule has 0 saturated carbocycles. The van der Waals surface area contributed by atoms with Gasteiger partial charge >= 0.3 is 0 Å². The summed E-state index contributed by atoms with van der Waals surface area (Å²) >= 11 is 0. The van der Waals surface area contributed by atoms with Crippen molar-refractivity contribution in [2.45, 2.75) is 33.2 Å². The van der Waals surface area contributed by atoms with Gasteiger partial charge in [-0.3, -0.25) is 4.79 Å². The number of nitrogens with zero attached hydrogens (tertiary/aromatic N) is 1. The summed E-state index contributed by atoms with van der Waals surface area (Å²) in [7, 11) is 0. The van der Waals surface area contributed by atoms with Crippen LogP contribution in [0, 0.1) is 0 Å². The van der Waals surface area contributed by atoms with E-state index in [-0.39, 0.29) is 11.4 Å². The predicted octanol–water partition coefficient (Wildman–Crippen LogP) is 3.09. The van der Waals surface area contributed by atoms with Crippen molar-refractivity contribution in [1.82, 2.24) is 4.90 Å². The first-order valence-corrected chi connectivity index (χ1v) is 6.75. The van der Waals surface area contributed by atoms with Crippen molar-refractivity contribution in [2.24, 2.45) is 0 Å². The second kappa shape index (κ2) is 6.46. The van der Waals surface area contributed by atoms with E-state index in [2.05, 4.69) is 6.58 Å². The minimum Gasteiger partial charge on any atom is -0.494 e. The third-order valence-electron chi connectivity index (χ3n) is 2.85. The summed E-state index contributed by atoms with van der Waals surface area (Å²) in [6.45, 7) is 12.6. The number of rotatable bonds is 5. The molecule has 1 amide bonds. The molecule has 0 unspecified atom stereocenters. The molecule has 0 aromatic heterocycles. The zero-order valence-electron chi connectivity index (χ0n) is 12.8. The van der Waals surface area contributed by atoms with E-state index in [9.17, 15) is 4.79 Å². The maximum Gasteiger partial charge on any atom is 0.254 e. The summed E-state index contributed by atoms with van der Waals surface area (Å²) in [6, 6.07) is 5.12. The van der Waals surface area contributed by atoms with E-state index >= 15 is 0 Å². The fourth-order valence-corrected chi connectivity index (χ4v) is 1.94. The minimum absolute atomic E-state index is 0.0781. The molecule has 4 nitrogen and oxygen atoms in total. The molecule has 4 heteroatoms. The lowest BCUT2D eigenvalue weighted by molar-refractivity contribution is 0.0616. The summed E-state index contributed by atoms with van der Waals surface area (Å²) < 4.78 is 5.43. The van der Waals surface area contributed by atoms with Gasteiger partial charge in [-0.05, 0) is 39.8 Å². The van der Waals surface area contributed by atoms with Gasteiger partial charge in [0.15, 0.2) is 0 Å². The summed E-state index contributed by atoms with van der Waals surface area (Å²) in [5.41, 5.74) is 6.60. The molecule has 1 aromatic carbocycles. The van der Waals surface area contributed by atoms with Gasteiger partial charge in [0, 0.05) is 29.4 Å². The Labute approximate surface area is 121 Å². The second-order valence-corrected chi connectivity index (χ2v) is 5.60. The Bertz CT molecular complexity index is 490. The van der Waals surface area contributed by atoms with Crippen molar-refractivity contribution < 1.29 is 9.53 Å². The Morgan fingerprint density at radius 1 is 1.40 bits per heavy atom. The lowest BCUT2D eigenvalue weighted by atomic mass is 10.0. The van der Waals surface area contributed by atoms with Gasteiger partial charge in [0.1, 0.15) is 5.75 Å². The third kappa shape index (κ3) is 4.02. The molecule has 0 atom stereocenters. The first kappa shape index (κ1) is 16.1. The van der Waals surface area contributed by atoms with Crippen molar-refractivity contribution in [2.75, 3.05) is 18.9 Å². The highest BCUT2D eigenvalue weighted by Crippen LogP contribution is 2.23. The van der Waals surface area contributed by atoms with Crippen LogP contribution in [0.3, 0.4) is 0 Å². The highest BCUT2D eigenvalue weighted by Gasteiger charge is 2.26. The first-order chi connectivity index (χ1) is 9.29. The van der Waals surface area contributed by atoms with Crippen LogP contribution in [0.1, 0.15) is 38.1 Å². The van der Waals surface area contributed by atoms with Crippen LogP contribution in [-0.4, -0.2) is 29.5 Å². The minimum atomic E-state index is -0.290. The Hall–Kier alpha value is -1.97. The molecule has 2 N–H and O–H groups in total. The average molecular weight is 276 g/mol. The maximum absolute atomic E-state index is 12.7. The number of anilines is 1. The van der Waals surface area contributed by atoms with E-state index in [0.717, 1.165) is 0 Å². The number of hydrogen-bond acceptors (Lipinski definition) is 3. The molecule has 0 radical (unpaired) electrons. The molecule has 0 fully saturated rings. The number of amides is 1. The first-order valence-electron chi connectivity index (χ1n) is 6.75. The van der Waals surface area contributed by atoms with Crippen LogP contribution < -0.4 is 10.5 Å². The SMILES string of the molecule is C=CCN(C(=O)c1cc(N)cc(OCC)c1)C(C)(C)C. The average Bonchev–Trinajstić information content (AvgIpc) is 2.33. The number of nitrogen functional groups attached to an aromatic ring is 1. The molecule has 1 rings (SSSR count). The van der Waals surface area contributed by atoms with Crippen molar-refractivity contribution >= 4 is 11.6 Å². The molecule has 0 aliphatic rings. The number of carbonyl (C=O) groups excluding carboxylic acids is 1. The quantitative estimate of drug-likeness (QED) is 0.664. The third-order valence-corrected chi connectivity index (χ3v) is 2.85.